The fourth-order valence-corrected chi connectivity index (χ4v) is 3.56. The number of carbonyl (C=O) groups is 1. The zero-order valence-corrected chi connectivity index (χ0v) is 18.2. The molecule has 0 radical (unpaired) electrons. The molecule has 10 heteroatoms. The molecule has 4 rings (SSSR count). The van der Waals surface area contributed by atoms with Crippen molar-refractivity contribution >= 4 is 11.9 Å². The van der Waals surface area contributed by atoms with Gasteiger partial charge in [-0.3, -0.25) is 0 Å². The summed E-state index contributed by atoms with van der Waals surface area (Å²) in [5.41, 5.74) is 2.50. The number of allylic oxidation sites excluding steroid dienone is 1. The van der Waals surface area contributed by atoms with Crippen molar-refractivity contribution in [2.75, 3.05) is 26.6 Å². The molecule has 1 unspecified atom stereocenters. The molecule has 1 aromatic heterocycles. The molecule has 2 aromatic carbocycles. The molecule has 0 fully saturated rings. The third kappa shape index (κ3) is 3.94. The second kappa shape index (κ2) is 8.96. The van der Waals surface area contributed by atoms with Gasteiger partial charge in [0.1, 0.15) is 29.9 Å². The fraction of sp³-hybridized carbons (Fsp3) is 0.273. The van der Waals surface area contributed by atoms with E-state index < -0.39 is 12.0 Å². The van der Waals surface area contributed by atoms with Gasteiger partial charge < -0.3 is 24.3 Å². The van der Waals surface area contributed by atoms with Gasteiger partial charge in [-0.25, -0.2) is 4.79 Å². The van der Waals surface area contributed by atoms with Gasteiger partial charge in [0, 0.05) is 17.3 Å². The average molecular weight is 437 g/mol. The maximum Gasteiger partial charge on any atom is 0.338 e. The second-order valence-corrected chi connectivity index (χ2v) is 7.05. The summed E-state index contributed by atoms with van der Waals surface area (Å²) in [6.07, 6.45) is 0. The Kier molecular flexibility index (Phi) is 5.93. The molecule has 1 aliphatic rings. The van der Waals surface area contributed by atoms with E-state index in [1.165, 1.54) is 4.68 Å². The van der Waals surface area contributed by atoms with Crippen LogP contribution in [0.4, 0.5) is 5.95 Å². The summed E-state index contributed by atoms with van der Waals surface area (Å²) in [6, 6.07) is 12.0. The van der Waals surface area contributed by atoms with Crippen molar-refractivity contribution in [1.82, 2.24) is 20.2 Å². The highest BCUT2D eigenvalue weighted by molar-refractivity contribution is 5.92. The molecule has 0 spiro atoms. The highest BCUT2D eigenvalue weighted by Gasteiger charge is 2.36. The maximum atomic E-state index is 13.3. The highest BCUT2D eigenvalue weighted by Crippen LogP contribution is 2.40. The number of methoxy groups -OCH3 is 3. The van der Waals surface area contributed by atoms with Crippen molar-refractivity contribution < 1.29 is 23.7 Å². The molecule has 1 atom stereocenters. The van der Waals surface area contributed by atoms with E-state index in [0.29, 0.717) is 34.3 Å². The number of carbonyl (C=O) groups excluding carboxylic acids is 1. The lowest BCUT2D eigenvalue weighted by Crippen LogP contribution is -2.30. The van der Waals surface area contributed by atoms with E-state index in [1.807, 2.05) is 30.3 Å². The lowest BCUT2D eigenvalue weighted by atomic mass is 9.95. The normalized spacial score (nSPS) is 14.9. The van der Waals surface area contributed by atoms with Gasteiger partial charge >= 0.3 is 5.97 Å². The Morgan fingerprint density at radius 3 is 2.44 bits per heavy atom. The maximum absolute atomic E-state index is 13.3. The SMILES string of the molecule is COc1ccc(COC(=O)C2=C(C)Nc3nnnn3C2c2ccc(OC)cc2OC)cc1. The van der Waals surface area contributed by atoms with E-state index in [2.05, 4.69) is 20.8 Å². The molecule has 3 aromatic rings. The molecule has 1 N–H and O–H groups in total. The number of nitrogens with zero attached hydrogens (tertiary/aromatic N) is 4. The summed E-state index contributed by atoms with van der Waals surface area (Å²) >= 11 is 0. The van der Waals surface area contributed by atoms with Gasteiger partial charge in [0.25, 0.3) is 0 Å². The van der Waals surface area contributed by atoms with Crippen molar-refractivity contribution in [3.63, 3.8) is 0 Å². The molecule has 10 nitrogen and oxygen atoms in total. The van der Waals surface area contributed by atoms with Crippen LogP contribution in [0.2, 0.25) is 0 Å². The highest BCUT2D eigenvalue weighted by atomic mass is 16.5. The fourth-order valence-electron chi connectivity index (χ4n) is 3.56. The van der Waals surface area contributed by atoms with Crippen LogP contribution < -0.4 is 19.5 Å². The minimum atomic E-state index is -0.648. The number of hydrogen-bond donors (Lipinski definition) is 1. The molecular formula is C22H23N5O5. The Hall–Kier alpha value is -4.08. The van der Waals surface area contributed by atoms with Gasteiger partial charge in [0.2, 0.25) is 5.95 Å². The zero-order chi connectivity index (χ0) is 22.7. The first-order valence-corrected chi connectivity index (χ1v) is 9.83. The van der Waals surface area contributed by atoms with Crippen LogP contribution in [-0.4, -0.2) is 47.5 Å². The monoisotopic (exact) mass is 437 g/mol. The van der Waals surface area contributed by atoms with Gasteiger partial charge in [-0.2, -0.15) is 4.68 Å². The largest absolute Gasteiger partial charge is 0.497 e. The first-order valence-electron chi connectivity index (χ1n) is 9.83. The van der Waals surface area contributed by atoms with Crippen LogP contribution in [0.25, 0.3) is 0 Å². The topological polar surface area (TPSA) is 110 Å². The predicted octanol–water partition coefficient (Wildman–Crippen LogP) is 2.73. The van der Waals surface area contributed by atoms with Crippen LogP contribution in [0.1, 0.15) is 24.1 Å². The standard InChI is InChI=1S/C22H23N5O5/c1-13-19(21(28)32-12-14-5-7-15(29-2)8-6-14)20(27-22(23-13)24-25-26-27)17-10-9-16(30-3)11-18(17)31-4/h5-11,20H,12H2,1-4H3,(H,23,24,26). The Morgan fingerprint density at radius 2 is 1.75 bits per heavy atom. The number of nitrogens with one attached hydrogen (secondary N) is 1. The molecule has 0 saturated carbocycles. The third-order valence-electron chi connectivity index (χ3n) is 5.20. The number of tetrazole rings is 1. The summed E-state index contributed by atoms with van der Waals surface area (Å²) in [5.74, 6) is 1.81. The molecule has 32 heavy (non-hydrogen) atoms. The van der Waals surface area contributed by atoms with Gasteiger partial charge in [0.15, 0.2) is 0 Å². The second-order valence-electron chi connectivity index (χ2n) is 7.05. The Balaban J connectivity index is 1.68. The quantitative estimate of drug-likeness (QED) is 0.558. The Labute approximate surface area is 184 Å². The average Bonchev–Trinajstić information content (AvgIpc) is 3.29. The summed E-state index contributed by atoms with van der Waals surface area (Å²) in [7, 11) is 4.73. The number of fused-ring (bicyclic) bond motifs is 1. The molecule has 0 saturated heterocycles. The number of aromatic nitrogens is 4. The van der Waals surface area contributed by atoms with Gasteiger partial charge in [0.05, 0.1) is 26.9 Å². The number of hydrogen-bond acceptors (Lipinski definition) is 9. The summed E-state index contributed by atoms with van der Waals surface area (Å²) in [4.78, 5) is 13.3. The Bertz CT molecular complexity index is 1160. The van der Waals surface area contributed by atoms with E-state index >= 15 is 0 Å². The van der Waals surface area contributed by atoms with Crippen molar-refractivity contribution in [2.24, 2.45) is 0 Å². The number of benzene rings is 2. The number of ether oxygens (including phenoxy) is 4. The molecule has 0 aliphatic carbocycles. The van der Waals surface area contributed by atoms with Crippen molar-refractivity contribution in [1.29, 1.82) is 0 Å². The lowest BCUT2D eigenvalue weighted by Gasteiger charge is -2.28. The minimum absolute atomic E-state index is 0.106. The van der Waals surface area contributed by atoms with Gasteiger partial charge in [-0.05, 0) is 47.2 Å². The first kappa shape index (κ1) is 21.2. The predicted molar refractivity (Wildman–Crippen MR) is 115 cm³/mol. The molecular weight excluding hydrogens is 414 g/mol. The zero-order valence-electron chi connectivity index (χ0n) is 18.2. The summed E-state index contributed by atoms with van der Waals surface area (Å²) in [5, 5.41) is 14.9. The smallest absolute Gasteiger partial charge is 0.338 e. The van der Waals surface area contributed by atoms with E-state index in [1.54, 1.807) is 40.4 Å². The molecule has 0 bridgehead atoms. The molecule has 0 amide bonds. The van der Waals surface area contributed by atoms with Crippen molar-refractivity contribution in [3.8, 4) is 17.2 Å². The third-order valence-corrected chi connectivity index (χ3v) is 5.20. The van der Waals surface area contributed by atoms with Crippen LogP contribution in [-0.2, 0) is 16.1 Å². The summed E-state index contributed by atoms with van der Waals surface area (Å²) < 4.78 is 23.2. The Morgan fingerprint density at radius 1 is 1.03 bits per heavy atom. The van der Waals surface area contributed by atoms with Gasteiger partial charge in [-0.1, -0.05) is 17.2 Å². The van der Waals surface area contributed by atoms with Crippen molar-refractivity contribution in [3.05, 3.63) is 64.9 Å². The van der Waals surface area contributed by atoms with E-state index in [0.717, 1.165) is 11.3 Å². The molecule has 2 heterocycles. The minimum Gasteiger partial charge on any atom is -0.497 e. The van der Waals surface area contributed by atoms with Crippen LogP contribution >= 0.6 is 0 Å². The first-order chi connectivity index (χ1) is 15.5. The van der Waals surface area contributed by atoms with Crippen molar-refractivity contribution in [2.45, 2.75) is 19.6 Å². The number of esters is 1. The van der Waals surface area contributed by atoms with E-state index in [-0.39, 0.29) is 6.61 Å². The number of anilines is 1. The van der Waals surface area contributed by atoms with Crippen LogP contribution in [0.15, 0.2) is 53.7 Å². The number of rotatable bonds is 7. The van der Waals surface area contributed by atoms with Crippen LogP contribution in [0.5, 0.6) is 17.2 Å². The lowest BCUT2D eigenvalue weighted by molar-refractivity contribution is -0.140. The van der Waals surface area contributed by atoms with E-state index in [4.69, 9.17) is 18.9 Å². The van der Waals surface area contributed by atoms with E-state index in [9.17, 15) is 4.79 Å². The molecule has 166 valence electrons. The van der Waals surface area contributed by atoms with Crippen LogP contribution in [0, 0.1) is 0 Å². The summed E-state index contributed by atoms with van der Waals surface area (Å²) in [6.45, 7) is 1.89. The molecule has 1 aliphatic heterocycles. The van der Waals surface area contributed by atoms with Crippen LogP contribution in [0.3, 0.4) is 0 Å². The van der Waals surface area contributed by atoms with Gasteiger partial charge in [-0.15, -0.1) is 0 Å².